The standard InChI is InChI=1S/C13H23NO2S2/c1-11(2)6-9(7-12(3,4)14-11)15-10(16-17)13(5)8-18-13/h9,14H,6-8H2,1-5H3. The van der Waals surface area contributed by atoms with Crippen LogP contribution in [-0.4, -0.2) is 33.7 Å². The van der Waals surface area contributed by atoms with Crippen molar-refractivity contribution in [1.29, 1.82) is 0 Å². The van der Waals surface area contributed by atoms with Gasteiger partial charge in [-0.1, -0.05) is 0 Å². The van der Waals surface area contributed by atoms with E-state index < -0.39 is 0 Å². The van der Waals surface area contributed by atoms with Crippen LogP contribution < -0.4 is 5.32 Å². The first-order valence-corrected chi connectivity index (χ1v) is 7.75. The number of hydrogen-bond donors (Lipinski definition) is 1. The van der Waals surface area contributed by atoms with Gasteiger partial charge in [-0.2, -0.15) is 0 Å². The predicted molar refractivity (Wildman–Crippen MR) is 78.6 cm³/mol. The summed E-state index contributed by atoms with van der Waals surface area (Å²) < 4.78 is 11.1. The first-order valence-electron chi connectivity index (χ1n) is 6.43. The SMILES string of the molecule is CC1(C)CC(OC(=[O+][S-])C2(C)CS2)CC(C)(C)N1. The molecule has 0 amide bonds. The number of ether oxygens (including phenoxy) is 1. The molecule has 5 heteroatoms. The smallest absolute Gasteiger partial charge is 0.433 e. The molecule has 0 spiro atoms. The Labute approximate surface area is 120 Å². The zero-order chi connectivity index (χ0) is 13.6. The van der Waals surface area contributed by atoms with Gasteiger partial charge >= 0.3 is 5.97 Å². The maximum absolute atomic E-state index is 6.07. The average molecular weight is 289 g/mol. The quantitative estimate of drug-likeness (QED) is 0.366. The van der Waals surface area contributed by atoms with Crippen molar-refractivity contribution in [3.05, 3.63) is 0 Å². The molecule has 2 aliphatic rings. The number of carbonyl (C=O) groups excluding carboxylic acids is 1. The molecule has 1 atom stereocenters. The van der Waals surface area contributed by atoms with Gasteiger partial charge in [0.1, 0.15) is 0 Å². The van der Waals surface area contributed by atoms with E-state index in [2.05, 4.69) is 39.9 Å². The Bertz CT molecular complexity index is 346. The summed E-state index contributed by atoms with van der Waals surface area (Å²) in [6.07, 6.45) is 2.12. The van der Waals surface area contributed by atoms with Crippen LogP contribution in [-0.2, 0) is 21.5 Å². The van der Waals surface area contributed by atoms with Crippen molar-refractivity contribution >= 4 is 30.6 Å². The van der Waals surface area contributed by atoms with Crippen molar-refractivity contribution in [2.24, 2.45) is 0 Å². The minimum absolute atomic E-state index is 0.0130. The summed E-state index contributed by atoms with van der Waals surface area (Å²) in [6, 6.07) is 0. The van der Waals surface area contributed by atoms with Crippen LogP contribution in [0.25, 0.3) is 0 Å². The van der Waals surface area contributed by atoms with Gasteiger partial charge < -0.3 is 26.8 Å². The fourth-order valence-electron chi connectivity index (χ4n) is 2.92. The van der Waals surface area contributed by atoms with E-state index in [1.54, 1.807) is 0 Å². The van der Waals surface area contributed by atoms with Gasteiger partial charge in [0.05, 0.1) is 0 Å². The fourth-order valence-corrected chi connectivity index (χ4v) is 3.74. The largest absolute Gasteiger partial charge is 0.486 e. The van der Waals surface area contributed by atoms with Crippen molar-refractivity contribution < 1.29 is 8.61 Å². The molecule has 18 heavy (non-hydrogen) atoms. The summed E-state index contributed by atoms with van der Waals surface area (Å²) in [4.78, 5) is 0. The monoisotopic (exact) mass is 289 g/mol. The second kappa shape index (κ2) is 4.53. The minimum atomic E-state index is -0.0130. The molecule has 1 unspecified atom stereocenters. The Morgan fingerprint density at radius 2 is 1.72 bits per heavy atom. The van der Waals surface area contributed by atoms with Gasteiger partial charge in [-0.15, -0.1) is 11.8 Å². The van der Waals surface area contributed by atoms with Crippen LogP contribution in [0.4, 0.5) is 0 Å². The van der Waals surface area contributed by atoms with Crippen LogP contribution in [0.3, 0.4) is 0 Å². The van der Waals surface area contributed by atoms with E-state index >= 15 is 0 Å². The molecule has 0 aromatic rings. The summed E-state index contributed by atoms with van der Waals surface area (Å²) in [5, 5.41) is 3.65. The summed E-state index contributed by atoms with van der Waals surface area (Å²) in [6.45, 7) is 11.0. The van der Waals surface area contributed by atoms with Crippen molar-refractivity contribution in [3.8, 4) is 0 Å². The van der Waals surface area contributed by atoms with E-state index in [0.29, 0.717) is 5.97 Å². The fraction of sp³-hybridized carbons (Fsp3) is 0.923. The molecule has 0 bridgehead atoms. The molecule has 0 aliphatic carbocycles. The van der Waals surface area contributed by atoms with Crippen LogP contribution >= 0.6 is 11.8 Å². The van der Waals surface area contributed by atoms with Crippen LogP contribution in [0.1, 0.15) is 47.5 Å². The summed E-state index contributed by atoms with van der Waals surface area (Å²) in [7, 11) is 0. The van der Waals surface area contributed by atoms with Gasteiger partial charge in [-0.3, -0.25) is 0 Å². The summed E-state index contributed by atoms with van der Waals surface area (Å²) in [5.41, 5.74) is 0.160. The van der Waals surface area contributed by atoms with Crippen molar-refractivity contribution in [2.75, 3.05) is 5.75 Å². The molecule has 2 rings (SSSR count). The molecule has 2 saturated heterocycles. The van der Waals surface area contributed by atoms with Gasteiger partial charge in [0.25, 0.3) is 0 Å². The molecule has 104 valence electrons. The first-order chi connectivity index (χ1) is 8.16. The molecular formula is C13H23NO2S2. The summed E-state index contributed by atoms with van der Waals surface area (Å²) in [5.74, 6) is 1.66. The van der Waals surface area contributed by atoms with Crippen LogP contribution in [0.15, 0.2) is 0 Å². The third-order valence-corrected chi connectivity index (χ3v) is 4.98. The van der Waals surface area contributed by atoms with E-state index in [1.807, 2.05) is 11.8 Å². The van der Waals surface area contributed by atoms with Crippen molar-refractivity contribution in [1.82, 2.24) is 5.32 Å². The average Bonchev–Trinajstić information content (AvgIpc) is 2.89. The Balaban J connectivity index is 2.05. The van der Waals surface area contributed by atoms with Gasteiger partial charge in [-0.05, 0) is 34.6 Å². The van der Waals surface area contributed by atoms with Crippen molar-refractivity contribution in [2.45, 2.75) is 69.4 Å². The van der Waals surface area contributed by atoms with E-state index in [9.17, 15) is 0 Å². The topological polar surface area (TPSA) is 32.6 Å². The zero-order valence-electron chi connectivity index (χ0n) is 11.8. The third-order valence-electron chi connectivity index (χ3n) is 3.51. The van der Waals surface area contributed by atoms with Gasteiger partial charge in [0.2, 0.25) is 0 Å². The number of esters is 1. The molecule has 3 nitrogen and oxygen atoms in total. The molecule has 2 fully saturated rings. The molecule has 0 radical (unpaired) electrons. The highest BCUT2D eigenvalue weighted by Crippen LogP contribution is 2.46. The Hall–Kier alpha value is -0.0000000000000000763. The first kappa shape index (κ1) is 14.4. The molecule has 2 heterocycles. The molecule has 0 aromatic carbocycles. The highest BCUT2D eigenvalue weighted by atomic mass is 32.2. The molecule has 2 aliphatic heterocycles. The number of thioether (sulfide) groups is 1. The van der Waals surface area contributed by atoms with E-state index in [4.69, 9.17) is 21.5 Å². The molecular weight excluding hydrogens is 266 g/mol. The number of nitrogens with one attached hydrogen (secondary N) is 1. The summed E-state index contributed by atoms with van der Waals surface area (Å²) >= 11 is 6.58. The van der Waals surface area contributed by atoms with Crippen LogP contribution in [0.2, 0.25) is 0 Å². The lowest BCUT2D eigenvalue weighted by Crippen LogP contribution is -2.60. The lowest BCUT2D eigenvalue weighted by Gasteiger charge is -2.43. The normalized spacial score (nSPS) is 35.3. The van der Waals surface area contributed by atoms with Gasteiger partial charge in [0.15, 0.2) is 10.9 Å². The Kier molecular flexibility index (Phi) is 3.63. The molecule has 0 aromatic heterocycles. The van der Waals surface area contributed by atoms with Gasteiger partial charge in [-0.25, -0.2) is 0 Å². The van der Waals surface area contributed by atoms with Crippen LogP contribution in [0, 0.1) is 0 Å². The maximum atomic E-state index is 6.07. The lowest BCUT2D eigenvalue weighted by molar-refractivity contribution is -0.267. The Morgan fingerprint density at radius 1 is 1.22 bits per heavy atom. The number of hydrogen-bond acceptors (Lipinski definition) is 4. The predicted octanol–water partition coefficient (Wildman–Crippen LogP) is 2.34. The van der Waals surface area contributed by atoms with E-state index in [0.717, 1.165) is 18.6 Å². The third kappa shape index (κ3) is 3.31. The second-order valence-corrected chi connectivity index (χ2v) is 8.58. The molecule has 0 saturated carbocycles. The minimum Gasteiger partial charge on any atom is -0.433 e. The maximum Gasteiger partial charge on any atom is 0.486 e. The van der Waals surface area contributed by atoms with E-state index in [1.165, 1.54) is 0 Å². The second-order valence-electron chi connectivity index (χ2n) is 6.93. The lowest BCUT2D eigenvalue weighted by atomic mass is 9.81. The zero-order valence-corrected chi connectivity index (χ0v) is 13.5. The van der Waals surface area contributed by atoms with Crippen molar-refractivity contribution in [3.63, 3.8) is 0 Å². The molecule has 1 N–H and O–H groups in total. The van der Waals surface area contributed by atoms with Gasteiger partial charge in [0, 0.05) is 29.7 Å². The highest BCUT2D eigenvalue weighted by Gasteiger charge is 2.56. The number of rotatable bonds is 2. The number of piperidine rings is 1. The van der Waals surface area contributed by atoms with Crippen LogP contribution in [0.5, 0.6) is 0 Å². The highest BCUT2D eigenvalue weighted by molar-refractivity contribution is 8.08. The van der Waals surface area contributed by atoms with E-state index in [-0.39, 0.29) is 21.9 Å². The Morgan fingerprint density at radius 3 is 2.11 bits per heavy atom.